The Labute approximate surface area is 147 Å². The third-order valence-corrected chi connectivity index (χ3v) is 4.46. The van der Waals surface area contributed by atoms with E-state index in [1.807, 2.05) is 35.8 Å². The van der Waals surface area contributed by atoms with Gasteiger partial charge < -0.3 is 25.0 Å². The van der Waals surface area contributed by atoms with E-state index in [1.165, 1.54) is 4.52 Å². The first-order chi connectivity index (χ1) is 12.6. The average Bonchev–Trinajstić information content (AvgIpc) is 3.22. The summed E-state index contributed by atoms with van der Waals surface area (Å²) in [5.41, 5.74) is 2.23. The molecule has 0 aliphatic rings. The largest absolute Gasteiger partial charge is 0.394 e. The minimum Gasteiger partial charge on any atom is -0.394 e. The second-order valence-corrected chi connectivity index (χ2v) is 6.00. The van der Waals surface area contributed by atoms with Crippen LogP contribution >= 0.6 is 0 Å². The van der Waals surface area contributed by atoms with Crippen LogP contribution in [0.1, 0.15) is 18.9 Å². The molecule has 0 saturated heterocycles. The Hall–Kier alpha value is -2.66. The van der Waals surface area contributed by atoms with E-state index in [2.05, 4.69) is 20.3 Å². The Morgan fingerprint density at radius 2 is 1.88 bits per heavy atom. The predicted octanol–water partition coefficient (Wildman–Crippen LogP) is -0.605. The number of nitrogens with zero attached hydrogens (tertiary/aromatic N) is 6. The summed E-state index contributed by atoms with van der Waals surface area (Å²) in [6, 6.07) is 7.73. The number of para-hydroxylation sites is 1. The summed E-state index contributed by atoms with van der Waals surface area (Å²) in [6.45, 7) is 2.00. The molecule has 26 heavy (non-hydrogen) atoms. The molecule has 0 bridgehead atoms. The molecule has 0 aliphatic carbocycles. The summed E-state index contributed by atoms with van der Waals surface area (Å²) in [5.74, 6) is 0.0949. The van der Waals surface area contributed by atoms with Crippen LogP contribution in [0.15, 0.2) is 24.3 Å². The molecular formula is C16H18N6O4. The van der Waals surface area contributed by atoms with Gasteiger partial charge in [0, 0.05) is 11.9 Å². The highest BCUT2D eigenvalue weighted by molar-refractivity contribution is 6.04. The van der Waals surface area contributed by atoms with Gasteiger partial charge in [-0.2, -0.15) is 14.6 Å². The van der Waals surface area contributed by atoms with Gasteiger partial charge in [0.2, 0.25) is 0 Å². The molecule has 10 heteroatoms. The highest BCUT2D eigenvalue weighted by atomic mass is 16.4. The van der Waals surface area contributed by atoms with Crippen LogP contribution in [0.25, 0.3) is 27.8 Å². The molecule has 136 valence electrons. The zero-order valence-electron chi connectivity index (χ0n) is 13.9. The number of hydrogen-bond acceptors (Lipinski definition) is 8. The third kappa shape index (κ3) is 2.35. The van der Waals surface area contributed by atoms with E-state index in [1.54, 1.807) is 0 Å². The number of aromatic nitrogens is 6. The van der Waals surface area contributed by atoms with Gasteiger partial charge in [0.1, 0.15) is 23.8 Å². The van der Waals surface area contributed by atoms with Gasteiger partial charge in [0.05, 0.1) is 12.1 Å². The van der Waals surface area contributed by atoms with Crippen LogP contribution in [0.2, 0.25) is 0 Å². The molecule has 4 N–H and O–H groups in total. The van der Waals surface area contributed by atoms with Gasteiger partial charge in [-0.25, -0.2) is 0 Å². The molecule has 4 rings (SSSR count). The van der Waals surface area contributed by atoms with Crippen LogP contribution < -0.4 is 0 Å². The van der Waals surface area contributed by atoms with Crippen LogP contribution in [0.5, 0.6) is 0 Å². The summed E-state index contributed by atoms with van der Waals surface area (Å²) in [5, 5.41) is 51.9. The molecule has 10 nitrogen and oxygen atoms in total. The first kappa shape index (κ1) is 16.8. The molecule has 0 aliphatic heterocycles. The molecule has 3 aromatic heterocycles. The van der Waals surface area contributed by atoms with Crippen molar-refractivity contribution >= 4 is 27.8 Å². The van der Waals surface area contributed by atoms with Gasteiger partial charge in [-0.15, -0.1) is 10.2 Å². The van der Waals surface area contributed by atoms with Gasteiger partial charge in [-0.1, -0.05) is 18.2 Å². The molecule has 0 fully saturated rings. The maximum Gasteiger partial charge on any atom is 0.274 e. The van der Waals surface area contributed by atoms with E-state index in [-0.39, 0.29) is 11.6 Å². The Morgan fingerprint density at radius 3 is 2.62 bits per heavy atom. The van der Waals surface area contributed by atoms with Crippen LogP contribution in [0.3, 0.4) is 0 Å². The minimum atomic E-state index is -1.64. The number of aryl methyl sites for hydroxylation is 1. The molecule has 4 aromatic rings. The SMILES string of the molecule is CCn1c2ccccc2c2nn3c([C@H](O)[C@H](O)[C@H](O)CO)nnc3nc21. The molecule has 3 atom stereocenters. The highest BCUT2D eigenvalue weighted by Crippen LogP contribution is 2.27. The molecule has 0 spiro atoms. The highest BCUT2D eigenvalue weighted by Gasteiger charge is 2.30. The topological polar surface area (TPSA) is 142 Å². The molecule has 0 saturated carbocycles. The fraction of sp³-hybridized carbons (Fsp3) is 0.375. The summed E-state index contributed by atoms with van der Waals surface area (Å²) in [7, 11) is 0. The molecule has 0 amide bonds. The van der Waals surface area contributed by atoms with Crippen LogP contribution in [-0.4, -0.2) is 68.6 Å². The normalized spacial score (nSPS) is 15.7. The first-order valence-electron chi connectivity index (χ1n) is 8.22. The zero-order chi connectivity index (χ0) is 18.4. The number of aliphatic hydroxyl groups excluding tert-OH is 4. The van der Waals surface area contributed by atoms with Gasteiger partial charge in [-0.3, -0.25) is 0 Å². The van der Waals surface area contributed by atoms with Crippen LogP contribution in [0, 0.1) is 0 Å². The third-order valence-electron chi connectivity index (χ3n) is 4.46. The quantitative estimate of drug-likeness (QED) is 0.370. The second-order valence-electron chi connectivity index (χ2n) is 6.00. The Bertz CT molecular complexity index is 1090. The van der Waals surface area contributed by atoms with Crippen molar-refractivity contribution in [3.05, 3.63) is 30.1 Å². The van der Waals surface area contributed by atoms with Crippen molar-refractivity contribution in [1.82, 2.24) is 29.4 Å². The van der Waals surface area contributed by atoms with Gasteiger partial charge in [0.15, 0.2) is 11.5 Å². The Balaban J connectivity index is 1.95. The van der Waals surface area contributed by atoms with Crippen molar-refractivity contribution in [2.45, 2.75) is 31.8 Å². The summed E-state index contributed by atoms with van der Waals surface area (Å²) >= 11 is 0. The van der Waals surface area contributed by atoms with E-state index in [0.29, 0.717) is 17.7 Å². The van der Waals surface area contributed by atoms with Crippen molar-refractivity contribution in [3.63, 3.8) is 0 Å². The molecule has 1 aromatic carbocycles. The first-order valence-corrected chi connectivity index (χ1v) is 8.22. The Morgan fingerprint density at radius 1 is 1.12 bits per heavy atom. The lowest BCUT2D eigenvalue weighted by Gasteiger charge is -2.19. The number of fused-ring (bicyclic) bond motifs is 4. The van der Waals surface area contributed by atoms with Crippen LogP contribution in [-0.2, 0) is 6.54 Å². The van der Waals surface area contributed by atoms with Gasteiger partial charge >= 0.3 is 0 Å². The smallest absolute Gasteiger partial charge is 0.274 e. The monoisotopic (exact) mass is 358 g/mol. The van der Waals surface area contributed by atoms with E-state index in [0.717, 1.165) is 10.9 Å². The number of benzene rings is 1. The van der Waals surface area contributed by atoms with Crippen molar-refractivity contribution in [2.24, 2.45) is 0 Å². The average molecular weight is 358 g/mol. The number of hydrogen-bond donors (Lipinski definition) is 4. The number of aliphatic hydroxyl groups is 4. The van der Waals surface area contributed by atoms with E-state index >= 15 is 0 Å². The van der Waals surface area contributed by atoms with Gasteiger partial charge in [-0.05, 0) is 13.0 Å². The minimum absolute atomic E-state index is 0.0669. The summed E-state index contributed by atoms with van der Waals surface area (Å²) in [6.07, 6.45) is -4.74. The van der Waals surface area contributed by atoms with Crippen molar-refractivity contribution in [3.8, 4) is 0 Å². The van der Waals surface area contributed by atoms with Crippen molar-refractivity contribution in [2.75, 3.05) is 6.61 Å². The van der Waals surface area contributed by atoms with Crippen molar-refractivity contribution in [1.29, 1.82) is 0 Å². The molecule has 0 unspecified atom stereocenters. The lowest BCUT2D eigenvalue weighted by Crippen LogP contribution is -2.35. The second kappa shape index (κ2) is 6.25. The maximum absolute atomic E-state index is 10.3. The predicted molar refractivity (Wildman–Crippen MR) is 91.3 cm³/mol. The molecular weight excluding hydrogens is 340 g/mol. The lowest BCUT2D eigenvalue weighted by molar-refractivity contribution is -0.0808. The van der Waals surface area contributed by atoms with Crippen LogP contribution in [0.4, 0.5) is 0 Å². The van der Waals surface area contributed by atoms with Gasteiger partial charge in [0.25, 0.3) is 5.78 Å². The molecule has 3 heterocycles. The Kier molecular flexibility index (Phi) is 4.04. The van der Waals surface area contributed by atoms with E-state index in [4.69, 9.17) is 5.11 Å². The zero-order valence-corrected chi connectivity index (χ0v) is 13.9. The maximum atomic E-state index is 10.3. The lowest BCUT2D eigenvalue weighted by atomic mass is 10.1. The van der Waals surface area contributed by atoms with E-state index < -0.39 is 24.9 Å². The fourth-order valence-electron chi connectivity index (χ4n) is 3.10. The standard InChI is InChI=1S/C16H18N6O4/c1-2-21-9-6-4-3-5-8(9)11-14(21)17-16-19-18-15(22(16)20-11)13(26)12(25)10(24)7-23/h3-6,10,12-13,23-26H,2,7H2,1H3/t10-,12-,13-/m1/s1. The molecule has 0 radical (unpaired) electrons. The fourth-order valence-corrected chi connectivity index (χ4v) is 3.10. The van der Waals surface area contributed by atoms with E-state index in [9.17, 15) is 15.3 Å². The van der Waals surface area contributed by atoms with Crippen molar-refractivity contribution < 1.29 is 20.4 Å². The summed E-state index contributed by atoms with van der Waals surface area (Å²) < 4.78 is 3.25. The summed E-state index contributed by atoms with van der Waals surface area (Å²) in [4.78, 5) is 4.50. The number of rotatable bonds is 5.